The van der Waals surface area contributed by atoms with E-state index < -0.39 is 0 Å². The van der Waals surface area contributed by atoms with E-state index >= 15 is 0 Å². The lowest BCUT2D eigenvalue weighted by atomic mass is 9.84. The maximum absolute atomic E-state index is 5.91. The van der Waals surface area contributed by atoms with Crippen molar-refractivity contribution in [3.05, 3.63) is 0 Å². The molecule has 1 saturated heterocycles. The molecule has 0 radical (unpaired) electrons. The second-order valence-electron chi connectivity index (χ2n) is 5.01. The van der Waals surface area contributed by atoms with E-state index in [1.54, 1.807) is 0 Å². The summed E-state index contributed by atoms with van der Waals surface area (Å²) >= 11 is 0. The van der Waals surface area contributed by atoms with Crippen molar-refractivity contribution in [3.63, 3.8) is 0 Å². The summed E-state index contributed by atoms with van der Waals surface area (Å²) in [6.45, 7) is 1.03. The maximum Gasteiger partial charge on any atom is 0.0603 e. The lowest BCUT2D eigenvalue weighted by Gasteiger charge is -2.31. The first-order valence-corrected chi connectivity index (χ1v) is 6.58. The normalized spacial score (nSPS) is 32.1. The first-order chi connectivity index (χ1) is 6.97. The molecule has 1 nitrogen and oxygen atoms in total. The molecule has 0 bridgehead atoms. The smallest absolute Gasteiger partial charge is 0.0603 e. The van der Waals surface area contributed by atoms with Crippen LogP contribution in [0, 0.1) is 5.92 Å². The van der Waals surface area contributed by atoms with Gasteiger partial charge in [0.1, 0.15) is 0 Å². The summed E-state index contributed by atoms with van der Waals surface area (Å²) in [5.41, 5.74) is 0. The fraction of sp³-hybridized carbons (Fsp3) is 1.00. The van der Waals surface area contributed by atoms with Gasteiger partial charge in [0.05, 0.1) is 6.10 Å². The van der Waals surface area contributed by atoms with Crippen LogP contribution in [0.4, 0.5) is 0 Å². The molecule has 14 heavy (non-hydrogen) atoms. The summed E-state index contributed by atoms with van der Waals surface area (Å²) in [7, 11) is 0. The zero-order valence-electron chi connectivity index (χ0n) is 9.34. The molecule has 2 fully saturated rings. The van der Waals surface area contributed by atoms with Gasteiger partial charge in [-0.2, -0.15) is 0 Å². The maximum atomic E-state index is 5.91. The molecule has 0 spiro atoms. The Hall–Kier alpha value is -0.0400. The fourth-order valence-electron chi connectivity index (χ4n) is 3.00. The van der Waals surface area contributed by atoms with Crippen LogP contribution in [-0.4, -0.2) is 12.7 Å². The van der Waals surface area contributed by atoms with E-state index in [9.17, 15) is 0 Å². The number of ether oxygens (including phenoxy) is 1. The van der Waals surface area contributed by atoms with Gasteiger partial charge in [-0.3, -0.25) is 0 Å². The van der Waals surface area contributed by atoms with Crippen LogP contribution in [0.15, 0.2) is 0 Å². The van der Waals surface area contributed by atoms with Gasteiger partial charge in [0.2, 0.25) is 0 Å². The van der Waals surface area contributed by atoms with Crippen molar-refractivity contribution < 1.29 is 4.74 Å². The standard InChI is InChI=1S/C13H24O/c1-2-4-8-12(9-5-3-1)13-10-6-7-11-14-13/h12-13H,1-11H2. The summed E-state index contributed by atoms with van der Waals surface area (Å²) in [5, 5.41) is 0. The van der Waals surface area contributed by atoms with Crippen LogP contribution in [0.5, 0.6) is 0 Å². The summed E-state index contributed by atoms with van der Waals surface area (Å²) in [6.07, 6.45) is 14.8. The second-order valence-corrected chi connectivity index (χ2v) is 5.01. The van der Waals surface area contributed by atoms with E-state index in [4.69, 9.17) is 4.74 Å². The average Bonchev–Trinajstić information content (AvgIpc) is 2.18. The highest BCUT2D eigenvalue weighted by Gasteiger charge is 2.24. The molecule has 1 heterocycles. The summed E-state index contributed by atoms with van der Waals surface area (Å²) < 4.78 is 5.91. The summed E-state index contributed by atoms with van der Waals surface area (Å²) in [4.78, 5) is 0. The van der Waals surface area contributed by atoms with Crippen LogP contribution in [0.2, 0.25) is 0 Å². The summed E-state index contributed by atoms with van der Waals surface area (Å²) in [5.74, 6) is 0.899. The van der Waals surface area contributed by atoms with Crippen LogP contribution < -0.4 is 0 Å². The van der Waals surface area contributed by atoms with Gasteiger partial charge < -0.3 is 4.74 Å². The number of rotatable bonds is 1. The molecule has 0 aromatic rings. The van der Waals surface area contributed by atoms with Crippen LogP contribution in [0.3, 0.4) is 0 Å². The van der Waals surface area contributed by atoms with E-state index in [2.05, 4.69) is 0 Å². The SMILES string of the molecule is C1CCCC(C2CCCCO2)CCC1. The lowest BCUT2D eigenvalue weighted by molar-refractivity contribution is -0.0275. The largest absolute Gasteiger partial charge is 0.378 e. The first-order valence-electron chi connectivity index (χ1n) is 6.58. The third-order valence-electron chi connectivity index (χ3n) is 3.89. The average molecular weight is 196 g/mol. The Labute approximate surface area is 88.2 Å². The molecule has 2 rings (SSSR count). The molecule has 0 N–H and O–H groups in total. The zero-order chi connectivity index (χ0) is 9.64. The molecule has 0 aromatic heterocycles. The second kappa shape index (κ2) is 5.75. The molecule has 0 aromatic carbocycles. The Kier molecular flexibility index (Phi) is 4.30. The molecule has 1 saturated carbocycles. The van der Waals surface area contributed by atoms with Gasteiger partial charge in [0.25, 0.3) is 0 Å². The highest BCUT2D eigenvalue weighted by Crippen LogP contribution is 2.30. The Morgan fingerprint density at radius 1 is 0.643 bits per heavy atom. The first kappa shape index (κ1) is 10.5. The Balaban J connectivity index is 1.80. The highest BCUT2D eigenvalue weighted by molar-refractivity contribution is 4.75. The number of hydrogen-bond acceptors (Lipinski definition) is 1. The lowest BCUT2D eigenvalue weighted by Crippen LogP contribution is -2.28. The molecule has 1 unspecified atom stereocenters. The van der Waals surface area contributed by atoms with Gasteiger partial charge >= 0.3 is 0 Å². The van der Waals surface area contributed by atoms with E-state index in [0.717, 1.165) is 12.5 Å². The Morgan fingerprint density at radius 3 is 1.93 bits per heavy atom. The van der Waals surface area contributed by atoms with Crippen molar-refractivity contribution in [1.82, 2.24) is 0 Å². The zero-order valence-corrected chi connectivity index (χ0v) is 9.34. The minimum absolute atomic E-state index is 0.627. The molecular weight excluding hydrogens is 172 g/mol. The van der Waals surface area contributed by atoms with Gasteiger partial charge in [0.15, 0.2) is 0 Å². The third-order valence-corrected chi connectivity index (χ3v) is 3.89. The Morgan fingerprint density at radius 2 is 1.29 bits per heavy atom. The molecule has 1 aliphatic carbocycles. The topological polar surface area (TPSA) is 9.23 Å². The fourth-order valence-corrected chi connectivity index (χ4v) is 3.00. The van der Waals surface area contributed by atoms with E-state index in [-0.39, 0.29) is 0 Å². The van der Waals surface area contributed by atoms with E-state index in [0.29, 0.717) is 6.10 Å². The molecule has 82 valence electrons. The molecule has 0 amide bonds. The van der Waals surface area contributed by atoms with Crippen LogP contribution in [0.1, 0.15) is 64.2 Å². The van der Waals surface area contributed by atoms with Gasteiger partial charge in [0, 0.05) is 6.61 Å². The van der Waals surface area contributed by atoms with E-state index in [1.807, 2.05) is 0 Å². The van der Waals surface area contributed by atoms with Crippen LogP contribution in [-0.2, 0) is 4.74 Å². The Bertz CT molecular complexity index is 141. The van der Waals surface area contributed by atoms with Gasteiger partial charge in [-0.25, -0.2) is 0 Å². The highest BCUT2D eigenvalue weighted by atomic mass is 16.5. The minimum atomic E-state index is 0.627. The monoisotopic (exact) mass is 196 g/mol. The van der Waals surface area contributed by atoms with Gasteiger partial charge in [-0.15, -0.1) is 0 Å². The third kappa shape index (κ3) is 2.98. The van der Waals surface area contributed by atoms with Gasteiger partial charge in [-0.05, 0) is 38.0 Å². The predicted molar refractivity (Wildman–Crippen MR) is 59.4 cm³/mol. The van der Waals surface area contributed by atoms with Crippen molar-refractivity contribution >= 4 is 0 Å². The predicted octanol–water partition coefficient (Wildman–Crippen LogP) is 3.92. The van der Waals surface area contributed by atoms with Crippen molar-refractivity contribution in [3.8, 4) is 0 Å². The van der Waals surface area contributed by atoms with E-state index in [1.165, 1.54) is 64.2 Å². The van der Waals surface area contributed by atoms with Crippen molar-refractivity contribution in [2.75, 3.05) is 6.61 Å². The molecule has 1 aliphatic heterocycles. The minimum Gasteiger partial charge on any atom is -0.378 e. The van der Waals surface area contributed by atoms with Crippen molar-refractivity contribution in [2.24, 2.45) is 5.92 Å². The molecule has 1 atom stereocenters. The molecule has 2 aliphatic rings. The summed E-state index contributed by atoms with van der Waals surface area (Å²) in [6, 6.07) is 0. The van der Waals surface area contributed by atoms with Gasteiger partial charge in [-0.1, -0.05) is 32.1 Å². The molecular formula is C13H24O. The molecule has 1 heteroatoms. The number of hydrogen-bond donors (Lipinski definition) is 0. The van der Waals surface area contributed by atoms with Crippen LogP contribution in [0.25, 0.3) is 0 Å². The quantitative estimate of drug-likeness (QED) is 0.617. The van der Waals surface area contributed by atoms with Crippen molar-refractivity contribution in [2.45, 2.75) is 70.3 Å². The van der Waals surface area contributed by atoms with Crippen molar-refractivity contribution in [1.29, 1.82) is 0 Å². The van der Waals surface area contributed by atoms with Crippen LogP contribution >= 0.6 is 0 Å².